The summed E-state index contributed by atoms with van der Waals surface area (Å²) in [6.07, 6.45) is 3.15. The molecule has 0 bridgehead atoms. The summed E-state index contributed by atoms with van der Waals surface area (Å²) in [4.78, 5) is 6.83. The van der Waals surface area contributed by atoms with E-state index in [2.05, 4.69) is 28.5 Å². The topological polar surface area (TPSA) is 39.5 Å². The number of benzene rings is 1. The summed E-state index contributed by atoms with van der Waals surface area (Å²) in [5.41, 5.74) is 1.02. The quantitative estimate of drug-likeness (QED) is 0.574. The summed E-state index contributed by atoms with van der Waals surface area (Å²) < 4.78 is 13.5. The molecule has 0 saturated carbocycles. The van der Waals surface area contributed by atoms with E-state index >= 15 is 0 Å². The zero-order chi connectivity index (χ0) is 17.0. The molecule has 2 aromatic rings. The van der Waals surface area contributed by atoms with Crippen LogP contribution >= 0.6 is 12.2 Å². The number of ether oxygens (including phenoxy) is 2. The molecular formula is C17H25N3O2S. The number of aryl methyl sites for hydroxylation is 2. The van der Waals surface area contributed by atoms with Crippen molar-refractivity contribution in [1.29, 1.82) is 0 Å². The number of methoxy groups -OCH3 is 2. The van der Waals surface area contributed by atoms with Gasteiger partial charge in [-0.05, 0) is 45.6 Å². The molecule has 1 aromatic heterocycles. The molecule has 1 aromatic carbocycles. The molecule has 0 aliphatic heterocycles. The standard InChI is InChI=1S/C17H25N3O2S/c1-19(2)11-7-6-8-14-18-17(23)15-12(20(14)3)9-10-13(21-4)16(15)22-5/h9-10H,6-8,11H2,1-5H3. The molecule has 0 unspecified atom stereocenters. The third-order valence-electron chi connectivity index (χ3n) is 3.97. The van der Waals surface area contributed by atoms with Gasteiger partial charge in [-0.1, -0.05) is 12.2 Å². The Morgan fingerprint density at radius 1 is 1.17 bits per heavy atom. The Balaban J connectivity index is 2.40. The van der Waals surface area contributed by atoms with Crippen LogP contribution in [0.5, 0.6) is 11.5 Å². The average Bonchev–Trinajstić information content (AvgIpc) is 2.54. The number of fused-ring (bicyclic) bond motifs is 1. The van der Waals surface area contributed by atoms with Crippen LogP contribution < -0.4 is 9.47 Å². The van der Waals surface area contributed by atoms with Crippen molar-refractivity contribution < 1.29 is 9.47 Å². The van der Waals surface area contributed by atoms with Crippen molar-refractivity contribution in [2.75, 3.05) is 34.9 Å². The van der Waals surface area contributed by atoms with E-state index in [0.717, 1.165) is 42.5 Å². The van der Waals surface area contributed by atoms with Crippen LogP contribution in [-0.2, 0) is 13.5 Å². The van der Waals surface area contributed by atoms with Crippen LogP contribution in [0.3, 0.4) is 0 Å². The van der Waals surface area contributed by atoms with Gasteiger partial charge in [0.2, 0.25) is 0 Å². The van der Waals surface area contributed by atoms with Crippen LogP contribution in [0.1, 0.15) is 18.7 Å². The number of aromatic nitrogens is 2. The lowest BCUT2D eigenvalue weighted by atomic mass is 10.1. The molecule has 0 aliphatic carbocycles. The lowest BCUT2D eigenvalue weighted by molar-refractivity contribution is 0.358. The second-order valence-corrected chi connectivity index (χ2v) is 6.23. The molecule has 5 nitrogen and oxygen atoms in total. The van der Waals surface area contributed by atoms with Gasteiger partial charge in [0.15, 0.2) is 11.5 Å². The molecule has 0 saturated heterocycles. The smallest absolute Gasteiger partial charge is 0.173 e. The zero-order valence-electron chi connectivity index (χ0n) is 14.5. The van der Waals surface area contributed by atoms with Gasteiger partial charge in [-0.2, -0.15) is 0 Å². The van der Waals surface area contributed by atoms with Crippen molar-refractivity contribution in [3.8, 4) is 11.5 Å². The summed E-state index contributed by atoms with van der Waals surface area (Å²) >= 11 is 5.51. The van der Waals surface area contributed by atoms with Crippen LogP contribution in [0.2, 0.25) is 0 Å². The van der Waals surface area contributed by atoms with Gasteiger partial charge in [-0.25, -0.2) is 4.98 Å². The molecule has 0 atom stereocenters. The molecule has 23 heavy (non-hydrogen) atoms. The number of hydrogen-bond acceptors (Lipinski definition) is 5. The van der Waals surface area contributed by atoms with E-state index in [1.807, 2.05) is 19.2 Å². The predicted molar refractivity (Wildman–Crippen MR) is 96.1 cm³/mol. The van der Waals surface area contributed by atoms with E-state index in [0.29, 0.717) is 16.1 Å². The van der Waals surface area contributed by atoms with E-state index in [4.69, 9.17) is 21.7 Å². The number of hydrogen-bond donors (Lipinski definition) is 0. The number of unbranched alkanes of at least 4 members (excludes halogenated alkanes) is 1. The third-order valence-corrected chi connectivity index (χ3v) is 4.27. The SMILES string of the molecule is COc1ccc2c(c1OC)c(=S)nc(CCCCN(C)C)n2C. The molecule has 0 fully saturated rings. The van der Waals surface area contributed by atoms with Gasteiger partial charge in [-0.3, -0.25) is 0 Å². The summed E-state index contributed by atoms with van der Waals surface area (Å²) in [6, 6.07) is 3.92. The second kappa shape index (κ2) is 7.75. The maximum Gasteiger partial charge on any atom is 0.173 e. The van der Waals surface area contributed by atoms with Gasteiger partial charge in [0, 0.05) is 13.5 Å². The first-order valence-electron chi connectivity index (χ1n) is 7.75. The molecular weight excluding hydrogens is 310 g/mol. The molecule has 0 radical (unpaired) electrons. The highest BCUT2D eigenvalue weighted by Crippen LogP contribution is 2.35. The van der Waals surface area contributed by atoms with E-state index in [1.165, 1.54) is 0 Å². The van der Waals surface area contributed by atoms with Crippen LogP contribution in [0.4, 0.5) is 0 Å². The molecule has 0 amide bonds. The highest BCUT2D eigenvalue weighted by Gasteiger charge is 2.14. The molecule has 0 aliphatic rings. The number of rotatable bonds is 7. The van der Waals surface area contributed by atoms with Gasteiger partial charge in [-0.15, -0.1) is 0 Å². The zero-order valence-corrected chi connectivity index (χ0v) is 15.4. The van der Waals surface area contributed by atoms with Crippen molar-refractivity contribution in [3.63, 3.8) is 0 Å². The normalized spacial score (nSPS) is 11.2. The molecule has 2 rings (SSSR count). The van der Waals surface area contributed by atoms with E-state index in [9.17, 15) is 0 Å². The summed E-state index contributed by atoms with van der Waals surface area (Å²) in [6.45, 7) is 1.09. The molecule has 126 valence electrons. The maximum absolute atomic E-state index is 5.51. The Bertz CT molecular complexity index is 741. The predicted octanol–water partition coefficient (Wildman–Crippen LogP) is 3.20. The molecule has 0 spiro atoms. The fraction of sp³-hybridized carbons (Fsp3) is 0.529. The lowest BCUT2D eigenvalue weighted by Gasteiger charge is -2.16. The highest BCUT2D eigenvalue weighted by atomic mass is 32.1. The summed E-state index contributed by atoms with van der Waals surface area (Å²) in [5, 5.41) is 0.835. The van der Waals surface area contributed by atoms with Gasteiger partial charge < -0.3 is 18.9 Å². The van der Waals surface area contributed by atoms with Crippen molar-refractivity contribution in [3.05, 3.63) is 22.6 Å². The van der Waals surface area contributed by atoms with Gasteiger partial charge in [0.1, 0.15) is 10.5 Å². The summed E-state index contributed by atoms with van der Waals surface area (Å²) in [7, 11) is 9.46. The van der Waals surface area contributed by atoms with Gasteiger partial charge >= 0.3 is 0 Å². The number of nitrogens with zero attached hydrogens (tertiary/aromatic N) is 3. The van der Waals surface area contributed by atoms with Crippen molar-refractivity contribution in [2.45, 2.75) is 19.3 Å². The molecule has 0 N–H and O–H groups in total. The van der Waals surface area contributed by atoms with E-state index in [-0.39, 0.29) is 0 Å². The van der Waals surface area contributed by atoms with Crippen molar-refractivity contribution in [2.24, 2.45) is 7.05 Å². The Kier molecular flexibility index (Phi) is 5.96. The van der Waals surface area contributed by atoms with Crippen LogP contribution in [0, 0.1) is 4.64 Å². The van der Waals surface area contributed by atoms with Crippen LogP contribution in [-0.4, -0.2) is 49.3 Å². The highest BCUT2D eigenvalue weighted by molar-refractivity contribution is 7.71. The summed E-state index contributed by atoms with van der Waals surface area (Å²) in [5.74, 6) is 2.33. The first-order valence-corrected chi connectivity index (χ1v) is 8.15. The fourth-order valence-corrected chi connectivity index (χ4v) is 3.03. The van der Waals surface area contributed by atoms with E-state index in [1.54, 1.807) is 14.2 Å². The second-order valence-electron chi connectivity index (χ2n) is 5.85. The minimum atomic E-state index is 0.566. The first-order chi connectivity index (χ1) is 11.0. The fourth-order valence-electron chi connectivity index (χ4n) is 2.72. The Hall–Kier alpha value is -1.66. The monoisotopic (exact) mass is 335 g/mol. The molecule has 6 heteroatoms. The lowest BCUT2D eigenvalue weighted by Crippen LogP contribution is -2.14. The minimum absolute atomic E-state index is 0.566. The first kappa shape index (κ1) is 17.7. The maximum atomic E-state index is 5.51. The van der Waals surface area contributed by atoms with Gasteiger partial charge in [0.05, 0.1) is 25.1 Å². The van der Waals surface area contributed by atoms with Crippen molar-refractivity contribution >= 4 is 23.1 Å². The average molecular weight is 335 g/mol. The van der Waals surface area contributed by atoms with E-state index < -0.39 is 0 Å². The third kappa shape index (κ3) is 3.82. The van der Waals surface area contributed by atoms with Crippen LogP contribution in [0.15, 0.2) is 12.1 Å². The Labute approximate surface area is 142 Å². The Morgan fingerprint density at radius 3 is 2.52 bits per heavy atom. The van der Waals surface area contributed by atoms with Crippen LogP contribution in [0.25, 0.3) is 10.9 Å². The molecule has 1 heterocycles. The largest absolute Gasteiger partial charge is 0.493 e. The van der Waals surface area contributed by atoms with Crippen molar-refractivity contribution in [1.82, 2.24) is 14.5 Å². The Morgan fingerprint density at radius 2 is 1.91 bits per heavy atom. The van der Waals surface area contributed by atoms with Gasteiger partial charge in [0.25, 0.3) is 0 Å². The minimum Gasteiger partial charge on any atom is -0.493 e.